The normalized spacial score (nSPS) is 10.6. The predicted molar refractivity (Wildman–Crippen MR) is 91.1 cm³/mol. The van der Waals surface area contributed by atoms with Crippen molar-refractivity contribution in [3.05, 3.63) is 29.3 Å². The minimum Gasteiger partial charge on any atom is -0.300 e. The molecule has 2 rings (SSSR count). The smallest absolute Gasteiger partial charge is 0.227 e. The third-order valence-electron chi connectivity index (χ3n) is 2.96. The van der Waals surface area contributed by atoms with Crippen molar-refractivity contribution in [3.63, 3.8) is 0 Å². The van der Waals surface area contributed by atoms with Crippen LogP contribution in [-0.4, -0.2) is 27.6 Å². The Bertz CT molecular complexity index is 625. The van der Waals surface area contributed by atoms with Crippen LogP contribution in [0.3, 0.4) is 0 Å². The number of rotatable bonds is 6. The average molecular weight is 321 g/mol. The lowest BCUT2D eigenvalue weighted by atomic mass is 10.1. The van der Waals surface area contributed by atoms with Gasteiger partial charge in [0.1, 0.15) is 5.01 Å². The number of hydrogen-bond donors (Lipinski definition) is 1. The van der Waals surface area contributed by atoms with Gasteiger partial charge < -0.3 is 5.32 Å². The molecule has 0 bridgehead atoms. The summed E-state index contributed by atoms with van der Waals surface area (Å²) in [5, 5.41) is 12.4. The second-order valence-electron chi connectivity index (χ2n) is 4.73. The lowest BCUT2D eigenvalue weighted by Gasteiger charge is -2.02. The van der Waals surface area contributed by atoms with Gasteiger partial charge in [-0.15, -0.1) is 10.2 Å². The van der Waals surface area contributed by atoms with Gasteiger partial charge >= 0.3 is 0 Å². The molecule has 1 N–H and O–H groups in total. The molecule has 6 heteroatoms. The highest BCUT2D eigenvalue weighted by molar-refractivity contribution is 7.99. The number of carbonyl (C=O) groups is 1. The molecule has 112 valence electrons. The van der Waals surface area contributed by atoms with Gasteiger partial charge in [0.15, 0.2) is 0 Å². The zero-order valence-corrected chi connectivity index (χ0v) is 14.1. The molecule has 0 saturated heterocycles. The SMILES string of the molecule is CCSCCC(=O)Nc1nnc(-c2ccc(C)cc2C)s1. The number of nitrogens with zero attached hydrogens (tertiary/aromatic N) is 2. The van der Waals surface area contributed by atoms with Crippen molar-refractivity contribution < 1.29 is 4.79 Å². The lowest BCUT2D eigenvalue weighted by molar-refractivity contribution is -0.115. The van der Waals surface area contributed by atoms with Crippen LogP contribution >= 0.6 is 23.1 Å². The maximum atomic E-state index is 11.8. The van der Waals surface area contributed by atoms with Crippen molar-refractivity contribution in [2.24, 2.45) is 0 Å². The molecule has 0 aliphatic heterocycles. The molecule has 0 spiro atoms. The van der Waals surface area contributed by atoms with Crippen LogP contribution in [0.15, 0.2) is 18.2 Å². The summed E-state index contributed by atoms with van der Waals surface area (Å²) >= 11 is 3.17. The van der Waals surface area contributed by atoms with Gasteiger partial charge in [0.2, 0.25) is 11.0 Å². The van der Waals surface area contributed by atoms with Crippen LogP contribution in [-0.2, 0) is 4.79 Å². The highest BCUT2D eigenvalue weighted by Gasteiger charge is 2.11. The molecular weight excluding hydrogens is 302 g/mol. The summed E-state index contributed by atoms with van der Waals surface area (Å²) in [5.41, 5.74) is 3.46. The van der Waals surface area contributed by atoms with Gasteiger partial charge in [0, 0.05) is 17.7 Å². The average Bonchev–Trinajstić information content (AvgIpc) is 2.87. The van der Waals surface area contributed by atoms with E-state index < -0.39 is 0 Å². The van der Waals surface area contributed by atoms with Gasteiger partial charge in [-0.05, 0) is 25.2 Å². The lowest BCUT2D eigenvalue weighted by Crippen LogP contribution is -2.11. The largest absolute Gasteiger partial charge is 0.300 e. The molecule has 4 nitrogen and oxygen atoms in total. The van der Waals surface area contributed by atoms with E-state index in [2.05, 4.69) is 54.5 Å². The minimum absolute atomic E-state index is 0.000668. The van der Waals surface area contributed by atoms with Crippen molar-refractivity contribution in [1.82, 2.24) is 10.2 Å². The Kier molecular flexibility index (Phi) is 5.76. The number of benzene rings is 1. The number of aryl methyl sites for hydroxylation is 2. The maximum Gasteiger partial charge on any atom is 0.227 e. The number of amides is 1. The second kappa shape index (κ2) is 7.56. The Hall–Kier alpha value is -1.40. The summed E-state index contributed by atoms with van der Waals surface area (Å²) in [6.45, 7) is 6.21. The number of thioether (sulfide) groups is 1. The molecule has 2 aromatic rings. The molecule has 0 atom stereocenters. The fourth-order valence-electron chi connectivity index (χ4n) is 1.93. The Morgan fingerprint density at radius 2 is 2.14 bits per heavy atom. The van der Waals surface area contributed by atoms with Crippen LogP contribution in [0.4, 0.5) is 5.13 Å². The zero-order chi connectivity index (χ0) is 15.2. The Morgan fingerprint density at radius 3 is 2.86 bits per heavy atom. The van der Waals surface area contributed by atoms with Crippen LogP contribution in [0, 0.1) is 13.8 Å². The van der Waals surface area contributed by atoms with E-state index in [9.17, 15) is 4.79 Å². The van der Waals surface area contributed by atoms with E-state index in [0.717, 1.165) is 22.1 Å². The first-order chi connectivity index (χ1) is 10.1. The van der Waals surface area contributed by atoms with E-state index in [1.54, 1.807) is 11.8 Å². The molecule has 0 radical (unpaired) electrons. The fraction of sp³-hybridized carbons (Fsp3) is 0.400. The Morgan fingerprint density at radius 1 is 1.33 bits per heavy atom. The van der Waals surface area contributed by atoms with E-state index in [-0.39, 0.29) is 5.91 Å². The third kappa shape index (κ3) is 4.54. The molecule has 1 amide bonds. The van der Waals surface area contributed by atoms with Crippen LogP contribution in [0.5, 0.6) is 0 Å². The molecule has 21 heavy (non-hydrogen) atoms. The number of anilines is 1. The van der Waals surface area contributed by atoms with Crippen LogP contribution in [0.1, 0.15) is 24.5 Å². The van der Waals surface area contributed by atoms with Gasteiger partial charge in [-0.1, -0.05) is 42.0 Å². The van der Waals surface area contributed by atoms with Crippen LogP contribution in [0.2, 0.25) is 0 Å². The highest BCUT2D eigenvalue weighted by Crippen LogP contribution is 2.29. The third-order valence-corrected chi connectivity index (χ3v) is 4.73. The minimum atomic E-state index is -0.000668. The predicted octanol–water partition coefficient (Wildman–Crippen LogP) is 3.90. The number of aromatic nitrogens is 2. The van der Waals surface area contributed by atoms with Gasteiger partial charge in [-0.2, -0.15) is 11.8 Å². The van der Waals surface area contributed by atoms with Gasteiger partial charge in [-0.3, -0.25) is 4.79 Å². The summed E-state index contributed by atoms with van der Waals surface area (Å²) in [4.78, 5) is 11.8. The number of nitrogens with one attached hydrogen (secondary N) is 1. The van der Waals surface area contributed by atoms with Crippen molar-refractivity contribution >= 4 is 34.1 Å². The monoisotopic (exact) mass is 321 g/mol. The zero-order valence-electron chi connectivity index (χ0n) is 12.5. The van der Waals surface area contributed by atoms with E-state index in [1.165, 1.54) is 22.5 Å². The van der Waals surface area contributed by atoms with Gasteiger partial charge in [0.25, 0.3) is 0 Å². The molecule has 1 aromatic heterocycles. The van der Waals surface area contributed by atoms with Crippen LogP contribution < -0.4 is 5.32 Å². The van der Waals surface area contributed by atoms with E-state index in [4.69, 9.17) is 0 Å². The molecule has 1 heterocycles. The summed E-state index contributed by atoms with van der Waals surface area (Å²) in [6, 6.07) is 6.23. The van der Waals surface area contributed by atoms with E-state index in [1.807, 2.05) is 0 Å². The Labute approximate surface area is 133 Å². The van der Waals surface area contributed by atoms with Crippen molar-refractivity contribution in [2.45, 2.75) is 27.2 Å². The number of carbonyl (C=O) groups excluding carboxylic acids is 1. The molecule has 0 fully saturated rings. The van der Waals surface area contributed by atoms with Crippen molar-refractivity contribution in [2.75, 3.05) is 16.8 Å². The number of hydrogen-bond acceptors (Lipinski definition) is 5. The second-order valence-corrected chi connectivity index (χ2v) is 7.10. The quantitative estimate of drug-likeness (QED) is 0.820. The molecule has 0 aliphatic rings. The first-order valence-electron chi connectivity index (χ1n) is 6.89. The van der Waals surface area contributed by atoms with Crippen LogP contribution in [0.25, 0.3) is 10.6 Å². The molecule has 0 saturated carbocycles. The first-order valence-corrected chi connectivity index (χ1v) is 8.86. The first kappa shape index (κ1) is 16.0. The van der Waals surface area contributed by atoms with E-state index in [0.29, 0.717) is 11.6 Å². The van der Waals surface area contributed by atoms with Crippen molar-refractivity contribution in [1.29, 1.82) is 0 Å². The van der Waals surface area contributed by atoms with E-state index >= 15 is 0 Å². The summed E-state index contributed by atoms with van der Waals surface area (Å²) in [5.74, 6) is 1.87. The molecule has 0 aliphatic carbocycles. The summed E-state index contributed by atoms with van der Waals surface area (Å²) < 4.78 is 0. The topological polar surface area (TPSA) is 54.9 Å². The fourth-order valence-corrected chi connectivity index (χ4v) is 3.40. The van der Waals surface area contributed by atoms with Crippen molar-refractivity contribution in [3.8, 4) is 10.6 Å². The Balaban J connectivity index is 2.02. The summed E-state index contributed by atoms with van der Waals surface area (Å²) in [6.07, 6.45) is 0.511. The standard InChI is InChI=1S/C15H19N3OS2/c1-4-20-8-7-13(19)16-15-18-17-14(21-15)12-6-5-10(2)9-11(12)3/h5-6,9H,4,7-8H2,1-3H3,(H,16,18,19). The van der Waals surface area contributed by atoms with Gasteiger partial charge in [0.05, 0.1) is 0 Å². The molecule has 0 unspecified atom stereocenters. The highest BCUT2D eigenvalue weighted by atomic mass is 32.2. The molecular formula is C15H19N3OS2. The maximum absolute atomic E-state index is 11.8. The molecule has 1 aromatic carbocycles. The summed E-state index contributed by atoms with van der Waals surface area (Å²) in [7, 11) is 0. The van der Waals surface area contributed by atoms with Gasteiger partial charge in [-0.25, -0.2) is 0 Å².